The van der Waals surface area contributed by atoms with E-state index in [-0.39, 0.29) is 18.1 Å². The molecule has 0 aliphatic carbocycles. The summed E-state index contributed by atoms with van der Waals surface area (Å²) >= 11 is 3.56. The number of hydrogen-bond donors (Lipinski definition) is 1. The predicted octanol–water partition coefficient (Wildman–Crippen LogP) is 3.69. The van der Waals surface area contributed by atoms with E-state index < -0.39 is 17.8 Å². The zero-order valence-electron chi connectivity index (χ0n) is 17.0. The number of nitrogens with zero attached hydrogens (tertiary/aromatic N) is 2. The zero-order valence-corrected chi connectivity index (χ0v) is 18.6. The van der Waals surface area contributed by atoms with Gasteiger partial charge in [0, 0.05) is 23.6 Å². The molecule has 0 saturated carbocycles. The van der Waals surface area contributed by atoms with Gasteiger partial charge in [-0.25, -0.2) is 9.69 Å². The molecule has 2 heterocycles. The van der Waals surface area contributed by atoms with Gasteiger partial charge in [0.1, 0.15) is 5.57 Å². The highest BCUT2D eigenvalue weighted by atomic mass is 79.9. The average molecular weight is 486 g/mol. The van der Waals surface area contributed by atoms with Gasteiger partial charge in [-0.3, -0.25) is 14.9 Å². The summed E-state index contributed by atoms with van der Waals surface area (Å²) in [4.78, 5) is 41.0. The highest BCUT2D eigenvalue weighted by Gasteiger charge is 2.37. The fourth-order valence-corrected chi connectivity index (χ4v) is 4.16. The third kappa shape index (κ3) is 3.88. The molecule has 1 N–H and O–H groups in total. The summed E-state index contributed by atoms with van der Waals surface area (Å²) in [7, 11) is 0. The van der Waals surface area contributed by atoms with Crippen molar-refractivity contribution in [2.45, 2.75) is 13.8 Å². The molecule has 0 bridgehead atoms. The standard InChI is InChI=1S/C22H20BrN3O5/c1-3-25(4-2)17-7-5-13(10-16(17)23)9-15-20(27)24-22(29)26(21(15)28)14-6-8-18-19(11-14)31-12-30-18/h5-11H,3-4,12H2,1-2H3,(H,24,27,29)/b15-9+. The van der Waals surface area contributed by atoms with Gasteiger partial charge in [0.2, 0.25) is 6.79 Å². The van der Waals surface area contributed by atoms with E-state index in [1.807, 2.05) is 18.2 Å². The molecule has 2 aliphatic rings. The number of imide groups is 2. The highest BCUT2D eigenvalue weighted by Crippen LogP contribution is 2.36. The van der Waals surface area contributed by atoms with Crippen LogP contribution in [0.3, 0.4) is 0 Å². The molecule has 0 aromatic heterocycles. The van der Waals surface area contributed by atoms with Gasteiger partial charge >= 0.3 is 6.03 Å². The Morgan fingerprint density at radius 3 is 2.52 bits per heavy atom. The zero-order chi connectivity index (χ0) is 22.1. The van der Waals surface area contributed by atoms with Crippen molar-refractivity contribution >= 4 is 51.2 Å². The van der Waals surface area contributed by atoms with Crippen molar-refractivity contribution in [1.29, 1.82) is 0 Å². The number of carbonyl (C=O) groups excluding carboxylic acids is 3. The highest BCUT2D eigenvalue weighted by molar-refractivity contribution is 9.10. The molecule has 4 amide bonds. The van der Waals surface area contributed by atoms with Crippen LogP contribution in [0.15, 0.2) is 46.4 Å². The van der Waals surface area contributed by atoms with E-state index in [4.69, 9.17) is 9.47 Å². The molecule has 4 rings (SSSR count). The minimum atomic E-state index is -0.816. The Morgan fingerprint density at radius 2 is 1.81 bits per heavy atom. The van der Waals surface area contributed by atoms with Gasteiger partial charge in [0.25, 0.3) is 11.8 Å². The maximum absolute atomic E-state index is 13.1. The molecule has 2 aromatic rings. The number of anilines is 2. The van der Waals surface area contributed by atoms with Crippen molar-refractivity contribution in [2.24, 2.45) is 0 Å². The Labute approximate surface area is 187 Å². The van der Waals surface area contributed by atoms with Crippen LogP contribution < -0.4 is 24.6 Å². The summed E-state index contributed by atoms with van der Waals surface area (Å²) in [6.07, 6.45) is 1.47. The number of urea groups is 1. The molecular weight excluding hydrogens is 466 g/mol. The van der Waals surface area contributed by atoms with Gasteiger partial charge in [-0.2, -0.15) is 0 Å². The van der Waals surface area contributed by atoms with E-state index in [0.29, 0.717) is 17.1 Å². The average Bonchev–Trinajstić information content (AvgIpc) is 3.21. The van der Waals surface area contributed by atoms with E-state index >= 15 is 0 Å². The first-order valence-electron chi connectivity index (χ1n) is 9.78. The quantitative estimate of drug-likeness (QED) is 0.513. The van der Waals surface area contributed by atoms with Crippen LogP contribution in [0, 0.1) is 0 Å². The van der Waals surface area contributed by atoms with Gasteiger partial charge in [-0.1, -0.05) is 6.07 Å². The number of fused-ring (bicyclic) bond motifs is 1. The fraction of sp³-hybridized carbons (Fsp3) is 0.227. The van der Waals surface area contributed by atoms with Gasteiger partial charge in [-0.15, -0.1) is 0 Å². The van der Waals surface area contributed by atoms with Crippen molar-refractivity contribution in [2.75, 3.05) is 29.7 Å². The van der Waals surface area contributed by atoms with E-state index in [1.165, 1.54) is 12.1 Å². The second-order valence-corrected chi connectivity index (χ2v) is 7.73. The third-order valence-corrected chi connectivity index (χ3v) is 5.74. The molecule has 0 atom stereocenters. The van der Waals surface area contributed by atoms with Crippen LogP contribution in [0.2, 0.25) is 0 Å². The molecule has 0 spiro atoms. The minimum absolute atomic E-state index is 0.0704. The van der Waals surface area contributed by atoms with Gasteiger partial charge in [-0.05, 0) is 65.7 Å². The predicted molar refractivity (Wildman–Crippen MR) is 119 cm³/mol. The SMILES string of the molecule is CCN(CC)c1ccc(/C=C2\C(=O)NC(=O)N(c3ccc4c(c3)OCO4)C2=O)cc1Br. The Balaban J connectivity index is 1.67. The summed E-state index contributed by atoms with van der Waals surface area (Å²) in [6, 6.07) is 9.48. The van der Waals surface area contributed by atoms with Crippen molar-refractivity contribution in [3.63, 3.8) is 0 Å². The third-order valence-electron chi connectivity index (χ3n) is 5.10. The summed E-state index contributed by atoms with van der Waals surface area (Å²) in [6.45, 7) is 5.91. The Morgan fingerprint density at radius 1 is 1.06 bits per heavy atom. The first-order chi connectivity index (χ1) is 14.9. The van der Waals surface area contributed by atoms with Crippen LogP contribution in [-0.4, -0.2) is 37.7 Å². The number of halogens is 1. The molecule has 0 unspecified atom stereocenters. The van der Waals surface area contributed by atoms with Crippen molar-refractivity contribution < 1.29 is 23.9 Å². The van der Waals surface area contributed by atoms with Crippen LogP contribution >= 0.6 is 15.9 Å². The molecule has 9 heteroatoms. The first-order valence-corrected chi connectivity index (χ1v) is 10.6. The molecule has 31 heavy (non-hydrogen) atoms. The maximum Gasteiger partial charge on any atom is 0.335 e. The molecule has 1 fully saturated rings. The van der Waals surface area contributed by atoms with Gasteiger partial charge in [0.05, 0.1) is 11.4 Å². The molecule has 1 saturated heterocycles. The Kier molecular flexibility index (Phi) is 5.69. The van der Waals surface area contributed by atoms with Crippen LogP contribution in [0.25, 0.3) is 6.08 Å². The van der Waals surface area contributed by atoms with E-state index in [1.54, 1.807) is 12.1 Å². The van der Waals surface area contributed by atoms with Crippen molar-refractivity contribution in [1.82, 2.24) is 5.32 Å². The number of amides is 4. The molecule has 2 aliphatic heterocycles. The van der Waals surface area contributed by atoms with Crippen LogP contribution in [0.4, 0.5) is 16.2 Å². The first kappa shape index (κ1) is 20.9. The van der Waals surface area contributed by atoms with Gasteiger partial charge in [0.15, 0.2) is 11.5 Å². The van der Waals surface area contributed by atoms with E-state index in [0.717, 1.165) is 28.1 Å². The number of carbonyl (C=O) groups is 3. The molecule has 8 nitrogen and oxygen atoms in total. The second-order valence-electron chi connectivity index (χ2n) is 6.88. The second kappa shape index (κ2) is 8.43. The lowest BCUT2D eigenvalue weighted by atomic mass is 10.1. The van der Waals surface area contributed by atoms with Crippen LogP contribution in [0.1, 0.15) is 19.4 Å². The number of ether oxygens (including phenoxy) is 2. The number of benzene rings is 2. The molecular formula is C22H20BrN3O5. The monoisotopic (exact) mass is 485 g/mol. The largest absolute Gasteiger partial charge is 0.454 e. The summed E-state index contributed by atoms with van der Waals surface area (Å²) in [5, 5.41) is 2.23. The van der Waals surface area contributed by atoms with Crippen LogP contribution in [0.5, 0.6) is 11.5 Å². The van der Waals surface area contributed by atoms with Crippen molar-refractivity contribution in [3.8, 4) is 11.5 Å². The topological polar surface area (TPSA) is 88.2 Å². The number of rotatable bonds is 5. The lowest BCUT2D eigenvalue weighted by molar-refractivity contribution is -0.122. The van der Waals surface area contributed by atoms with Crippen molar-refractivity contribution in [3.05, 3.63) is 52.0 Å². The number of hydrogen-bond acceptors (Lipinski definition) is 6. The van der Waals surface area contributed by atoms with E-state index in [9.17, 15) is 14.4 Å². The maximum atomic E-state index is 13.1. The summed E-state index contributed by atoms with van der Waals surface area (Å²) < 4.78 is 11.4. The smallest absolute Gasteiger partial charge is 0.335 e. The lowest BCUT2D eigenvalue weighted by Crippen LogP contribution is -2.54. The molecule has 0 radical (unpaired) electrons. The molecule has 2 aromatic carbocycles. The summed E-state index contributed by atoms with van der Waals surface area (Å²) in [5.41, 5.74) is 1.81. The summed E-state index contributed by atoms with van der Waals surface area (Å²) in [5.74, 6) is -0.498. The van der Waals surface area contributed by atoms with Gasteiger partial charge < -0.3 is 14.4 Å². The Hall–Kier alpha value is -3.33. The molecule has 160 valence electrons. The fourth-order valence-electron chi connectivity index (χ4n) is 3.52. The Bertz CT molecular complexity index is 1110. The number of barbiturate groups is 1. The van der Waals surface area contributed by atoms with E-state index in [2.05, 4.69) is 40.0 Å². The normalized spacial score (nSPS) is 16.7. The lowest BCUT2D eigenvalue weighted by Gasteiger charge is -2.26. The number of nitrogens with one attached hydrogen (secondary N) is 1. The van der Waals surface area contributed by atoms with Crippen LogP contribution in [-0.2, 0) is 9.59 Å². The minimum Gasteiger partial charge on any atom is -0.454 e.